The van der Waals surface area contributed by atoms with Gasteiger partial charge in [0.25, 0.3) is 0 Å². The molecule has 0 amide bonds. The lowest BCUT2D eigenvalue weighted by Crippen LogP contribution is -2.53. The van der Waals surface area contributed by atoms with Crippen molar-refractivity contribution in [1.82, 2.24) is 10.0 Å². The maximum absolute atomic E-state index is 11.0. The van der Waals surface area contributed by atoms with Gasteiger partial charge in [0, 0.05) is 18.6 Å². The van der Waals surface area contributed by atoms with Crippen LogP contribution in [0.3, 0.4) is 0 Å². The minimum atomic E-state index is -3.33. The molecular weight excluding hydrogens is 248 g/mol. The second kappa shape index (κ2) is 5.30. The van der Waals surface area contributed by atoms with Crippen LogP contribution in [0.25, 0.3) is 0 Å². The van der Waals surface area contributed by atoms with Gasteiger partial charge in [-0.1, -0.05) is 0 Å². The average Bonchev–Trinajstić information content (AvgIpc) is 1.97. The van der Waals surface area contributed by atoms with E-state index >= 15 is 0 Å². The fourth-order valence-electron chi connectivity index (χ4n) is 1.23. The van der Waals surface area contributed by atoms with E-state index in [-0.39, 0.29) is 13.1 Å². The molecule has 0 spiro atoms. The van der Waals surface area contributed by atoms with E-state index in [1.54, 1.807) is 13.8 Å². The third kappa shape index (κ3) is 7.27. The standard InChI is InChI=1S/C9H20N2O5S/c1-8(2,11-17(4,15)16)5-10-6-9(3,14)7(12)13/h10-11,14H,5-6H2,1-4H3,(H,12,13). The van der Waals surface area contributed by atoms with E-state index in [2.05, 4.69) is 10.0 Å². The lowest BCUT2D eigenvalue weighted by atomic mass is 10.1. The van der Waals surface area contributed by atoms with Gasteiger partial charge < -0.3 is 15.5 Å². The molecule has 0 aliphatic rings. The van der Waals surface area contributed by atoms with Crippen LogP contribution >= 0.6 is 0 Å². The van der Waals surface area contributed by atoms with Gasteiger partial charge in [0.2, 0.25) is 10.0 Å². The number of carboxylic acids is 1. The van der Waals surface area contributed by atoms with E-state index < -0.39 is 27.1 Å². The molecule has 1 atom stereocenters. The number of nitrogens with one attached hydrogen (secondary N) is 2. The second-order valence-electron chi connectivity index (χ2n) is 4.94. The van der Waals surface area contributed by atoms with Crippen molar-refractivity contribution < 1.29 is 23.4 Å². The van der Waals surface area contributed by atoms with Gasteiger partial charge in [-0.25, -0.2) is 17.9 Å². The highest BCUT2D eigenvalue weighted by molar-refractivity contribution is 7.88. The molecule has 0 aromatic rings. The molecule has 0 bridgehead atoms. The van der Waals surface area contributed by atoms with E-state index in [1.807, 2.05) is 0 Å². The van der Waals surface area contributed by atoms with E-state index in [9.17, 15) is 18.3 Å². The van der Waals surface area contributed by atoms with Gasteiger partial charge in [-0.2, -0.15) is 0 Å². The molecule has 0 radical (unpaired) electrons. The van der Waals surface area contributed by atoms with Crippen LogP contribution in [-0.4, -0.2) is 55.1 Å². The Kier molecular flexibility index (Phi) is 5.08. The van der Waals surface area contributed by atoms with Crippen LogP contribution in [0.5, 0.6) is 0 Å². The van der Waals surface area contributed by atoms with Crippen LogP contribution in [0.1, 0.15) is 20.8 Å². The normalized spacial score (nSPS) is 16.5. The van der Waals surface area contributed by atoms with Crippen molar-refractivity contribution in [1.29, 1.82) is 0 Å². The molecule has 0 fully saturated rings. The fraction of sp³-hybridized carbons (Fsp3) is 0.889. The molecule has 8 heteroatoms. The minimum absolute atomic E-state index is 0.169. The van der Waals surface area contributed by atoms with Crippen molar-refractivity contribution >= 4 is 16.0 Å². The van der Waals surface area contributed by atoms with Crippen molar-refractivity contribution in [3.8, 4) is 0 Å². The summed E-state index contributed by atoms with van der Waals surface area (Å²) in [5.74, 6) is -1.33. The number of sulfonamides is 1. The highest BCUT2D eigenvalue weighted by atomic mass is 32.2. The quantitative estimate of drug-likeness (QED) is 0.458. The Morgan fingerprint density at radius 3 is 2.06 bits per heavy atom. The summed E-state index contributed by atoms with van der Waals surface area (Å²) in [5, 5.41) is 20.8. The van der Waals surface area contributed by atoms with Gasteiger partial charge in [0.15, 0.2) is 5.60 Å². The summed E-state index contributed by atoms with van der Waals surface area (Å²) < 4.78 is 24.5. The summed E-state index contributed by atoms with van der Waals surface area (Å²) in [6, 6.07) is 0. The zero-order valence-corrected chi connectivity index (χ0v) is 11.3. The molecule has 0 saturated heterocycles. The molecule has 4 N–H and O–H groups in total. The summed E-state index contributed by atoms with van der Waals surface area (Å²) >= 11 is 0. The van der Waals surface area contributed by atoms with Gasteiger partial charge >= 0.3 is 5.97 Å². The summed E-state index contributed by atoms with van der Waals surface area (Å²) in [4.78, 5) is 10.6. The number of carboxylic acid groups (broad SMARTS) is 1. The summed E-state index contributed by atoms with van der Waals surface area (Å²) in [6.07, 6.45) is 1.04. The summed E-state index contributed by atoms with van der Waals surface area (Å²) in [5.41, 5.74) is -2.64. The molecule has 0 aliphatic carbocycles. The SMILES string of the molecule is CC(C)(CNCC(C)(O)C(=O)O)NS(C)(=O)=O. The Hall–Kier alpha value is -0.700. The zero-order chi connectivity index (χ0) is 13.9. The van der Waals surface area contributed by atoms with Crippen molar-refractivity contribution in [2.24, 2.45) is 0 Å². The van der Waals surface area contributed by atoms with Crippen LogP contribution in [0.2, 0.25) is 0 Å². The first-order valence-electron chi connectivity index (χ1n) is 5.01. The predicted molar refractivity (Wildman–Crippen MR) is 63.2 cm³/mol. The van der Waals surface area contributed by atoms with Crippen LogP contribution in [0.15, 0.2) is 0 Å². The molecule has 0 aromatic heterocycles. The van der Waals surface area contributed by atoms with Gasteiger partial charge in [-0.15, -0.1) is 0 Å². The van der Waals surface area contributed by atoms with E-state index in [4.69, 9.17) is 5.11 Å². The van der Waals surface area contributed by atoms with Crippen LogP contribution in [0.4, 0.5) is 0 Å². The largest absolute Gasteiger partial charge is 0.479 e. The molecule has 0 rings (SSSR count). The Morgan fingerprint density at radius 2 is 1.71 bits per heavy atom. The lowest BCUT2D eigenvalue weighted by molar-refractivity contribution is -0.156. The highest BCUT2D eigenvalue weighted by Gasteiger charge is 2.30. The number of hydrogen-bond acceptors (Lipinski definition) is 5. The molecule has 102 valence electrons. The Labute approximate surface area is 101 Å². The van der Waals surface area contributed by atoms with E-state index in [1.165, 1.54) is 6.92 Å². The molecule has 17 heavy (non-hydrogen) atoms. The number of rotatable bonds is 7. The first-order chi connectivity index (χ1) is 7.36. The third-order valence-corrected chi connectivity index (χ3v) is 2.88. The van der Waals surface area contributed by atoms with Crippen LogP contribution < -0.4 is 10.0 Å². The van der Waals surface area contributed by atoms with Crippen molar-refractivity contribution in [2.45, 2.75) is 31.9 Å². The second-order valence-corrected chi connectivity index (χ2v) is 6.69. The van der Waals surface area contributed by atoms with Crippen molar-refractivity contribution in [2.75, 3.05) is 19.3 Å². The Bertz CT molecular complexity index is 375. The summed E-state index contributed by atoms with van der Waals surface area (Å²) in [6.45, 7) is 4.49. The van der Waals surface area contributed by atoms with E-state index in [0.29, 0.717) is 0 Å². The summed E-state index contributed by atoms with van der Waals surface area (Å²) in [7, 11) is -3.33. The first kappa shape index (κ1) is 16.3. The topological polar surface area (TPSA) is 116 Å². The third-order valence-electron chi connectivity index (χ3n) is 1.96. The van der Waals surface area contributed by atoms with Gasteiger partial charge in [0.1, 0.15) is 0 Å². The molecule has 7 nitrogen and oxygen atoms in total. The smallest absolute Gasteiger partial charge is 0.336 e. The molecule has 0 heterocycles. The first-order valence-corrected chi connectivity index (χ1v) is 6.90. The van der Waals surface area contributed by atoms with Crippen molar-refractivity contribution in [3.63, 3.8) is 0 Å². The lowest BCUT2D eigenvalue weighted by Gasteiger charge is -2.27. The molecule has 0 saturated carbocycles. The number of hydrogen-bond donors (Lipinski definition) is 4. The molecule has 0 aliphatic heterocycles. The monoisotopic (exact) mass is 268 g/mol. The Balaban J connectivity index is 4.26. The molecule has 1 unspecified atom stereocenters. The highest BCUT2D eigenvalue weighted by Crippen LogP contribution is 2.04. The number of aliphatic carboxylic acids is 1. The zero-order valence-electron chi connectivity index (χ0n) is 10.4. The van der Waals surface area contributed by atoms with Gasteiger partial charge in [-0.3, -0.25) is 0 Å². The number of carbonyl (C=O) groups is 1. The van der Waals surface area contributed by atoms with Gasteiger partial charge in [0.05, 0.1) is 6.26 Å². The maximum Gasteiger partial charge on any atom is 0.336 e. The maximum atomic E-state index is 11.0. The van der Waals surface area contributed by atoms with Crippen molar-refractivity contribution in [3.05, 3.63) is 0 Å². The van der Waals surface area contributed by atoms with E-state index in [0.717, 1.165) is 6.26 Å². The minimum Gasteiger partial charge on any atom is -0.479 e. The molecule has 0 aromatic carbocycles. The molecular formula is C9H20N2O5S. The van der Waals surface area contributed by atoms with Crippen LogP contribution in [0, 0.1) is 0 Å². The Morgan fingerprint density at radius 1 is 1.24 bits per heavy atom. The fourth-order valence-corrected chi connectivity index (χ4v) is 2.31. The van der Waals surface area contributed by atoms with Crippen LogP contribution in [-0.2, 0) is 14.8 Å². The average molecular weight is 268 g/mol. The predicted octanol–water partition coefficient (Wildman–Crippen LogP) is -1.26. The number of aliphatic hydroxyl groups is 1. The van der Waals surface area contributed by atoms with Gasteiger partial charge in [-0.05, 0) is 20.8 Å².